The molecule has 0 saturated carbocycles. The molecule has 1 fully saturated rings. The van der Waals surface area contributed by atoms with Crippen LogP contribution in [0.1, 0.15) is 28.2 Å². The van der Waals surface area contributed by atoms with E-state index in [0.717, 1.165) is 44.1 Å². The van der Waals surface area contributed by atoms with E-state index in [0.29, 0.717) is 21.3 Å². The molecule has 31 heavy (non-hydrogen) atoms. The summed E-state index contributed by atoms with van der Waals surface area (Å²) in [6.45, 7) is 3.19. The van der Waals surface area contributed by atoms with Crippen LogP contribution in [-0.2, 0) is 17.1 Å². The summed E-state index contributed by atoms with van der Waals surface area (Å²) in [7, 11) is -2.52. The Balaban J connectivity index is 1.64. The SMILES string of the molecule is Cc1nc(-c2cc(S(=O)(=O)Nc3cc(F)ccc3F)cn2C)sc1C(=O)N1CCCC1. The first-order valence-electron chi connectivity index (χ1n) is 9.57. The smallest absolute Gasteiger partial charge is 0.265 e. The van der Waals surface area contributed by atoms with Crippen LogP contribution in [0.3, 0.4) is 0 Å². The zero-order valence-corrected chi connectivity index (χ0v) is 18.5. The van der Waals surface area contributed by atoms with Crippen molar-refractivity contribution in [3.05, 3.63) is 52.7 Å². The average Bonchev–Trinajstić information content (AvgIpc) is 3.44. The molecule has 1 aromatic carbocycles. The Bertz CT molecular complexity index is 1260. The molecule has 1 amide bonds. The number of carbonyl (C=O) groups excluding carboxylic acids is 1. The zero-order chi connectivity index (χ0) is 22.3. The van der Waals surface area contributed by atoms with E-state index in [1.165, 1.54) is 23.6 Å². The van der Waals surface area contributed by atoms with Gasteiger partial charge in [0.15, 0.2) is 0 Å². The highest BCUT2D eigenvalue weighted by Gasteiger charge is 2.26. The van der Waals surface area contributed by atoms with E-state index in [-0.39, 0.29) is 10.8 Å². The van der Waals surface area contributed by atoms with Crippen LogP contribution in [0.4, 0.5) is 14.5 Å². The predicted octanol–water partition coefficient (Wildman–Crippen LogP) is 3.77. The third kappa shape index (κ3) is 4.19. The van der Waals surface area contributed by atoms with Crippen LogP contribution in [0.2, 0.25) is 0 Å². The molecule has 1 aliphatic rings. The number of thiazole rings is 1. The molecular formula is C20H20F2N4O3S2. The molecule has 1 N–H and O–H groups in total. The van der Waals surface area contributed by atoms with E-state index < -0.39 is 27.3 Å². The van der Waals surface area contributed by atoms with Crippen molar-refractivity contribution in [3.8, 4) is 10.7 Å². The van der Waals surface area contributed by atoms with Gasteiger partial charge >= 0.3 is 0 Å². The molecule has 0 radical (unpaired) electrons. The maximum atomic E-state index is 13.9. The van der Waals surface area contributed by atoms with Crippen molar-refractivity contribution in [2.45, 2.75) is 24.7 Å². The highest BCUT2D eigenvalue weighted by Crippen LogP contribution is 2.32. The number of nitrogens with zero attached hydrogens (tertiary/aromatic N) is 3. The molecular weight excluding hydrogens is 446 g/mol. The summed E-state index contributed by atoms with van der Waals surface area (Å²) in [5, 5.41) is 0.501. The third-order valence-corrected chi connectivity index (χ3v) is 7.57. The molecule has 0 spiro atoms. The van der Waals surface area contributed by atoms with Crippen molar-refractivity contribution in [3.63, 3.8) is 0 Å². The fourth-order valence-electron chi connectivity index (χ4n) is 3.44. The third-order valence-electron chi connectivity index (χ3n) is 5.07. The van der Waals surface area contributed by atoms with Gasteiger partial charge in [-0.15, -0.1) is 11.3 Å². The number of sulfonamides is 1. The van der Waals surface area contributed by atoms with Gasteiger partial charge in [-0.05, 0) is 38.0 Å². The largest absolute Gasteiger partial charge is 0.347 e. The highest BCUT2D eigenvalue weighted by molar-refractivity contribution is 7.92. The Morgan fingerprint density at radius 2 is 1.90 bits per heavy atom. The first kappa shape index (κ1) is 21.4. The monoisotopic (exact) mass is 466 g/mol. The van der Waals surface area contributed by atoms with Gasteiger partial charge in [-0.2, -0.15) is 0 Å². The lowest BCUT2D eigenvalue weighted by Crippen LogP contribution is -2.27. The fourth-order valence-corrected chi connectivity index (χ4v) is 5.66. The molecule has 0 atom stereocenters. The quantitative estimate of drug-likeness (QED) is 0.620. The number of likely N-dealkylation sites (tertiary alicyclic amines) is 1. The number of anilines is 1. The van der Waals surface area contributed by atoms with E-state index in [1.807, 2.05) is 0 Å². The molecule has 3 heterocycles. The Labute approximate surface area is 182 Å². The molecule has 3 aromatic rings. The van der Waals surface area contributed by atoms with Gasteiger partial charge in [0.05, 0.1) is 17.1 Å². The second-order valence-corrected chi connectivity index (χ2v) is 10.0. The molecule has 7 nitrogen and oxygen atoms in total. The molecule has 4 rings (SSSR count). The zero-order valence-electron chi connectivity index (χ0n) is 16.9. The Hall–Kier alpha value is -2.79. The summed E-state index contributed by atoms with van der Waals surface area (Å²) in [6.07, 6.45) is 3.32. The van der Waals surface area contributed by atoms with Gasteiger partial charge in [-0.25, -0.2) is 22.2 Å². The Kier molecular flexibility index (Phi) is 5.56. The number of aromatic nitrogens is 2. The van der Waals surface area contributed by atoms with Crippen LogP contribution < -0.4 is 4.72 Å². The number of amides is 1. The average molecular weight is 467 g/mol. The maximum Gasteiger partial charge on any atom is 0.265 e. The number of aryl methyl sites for hydroxylation is 2. The summed E-state index contributed by atoms with van der Waals surface area (Å²) < 4.78 is 56.4. The number of hydrogen-bond acceptors (Lipinski definition) is 5. The van der Waals surface area contributed by atoms with Crippen LogP contribution >= 0.6 is 11.3 Å². The minimum atomic E-state index is -4.17. The van der Waals surface area contributed by atoms with Crippen LogP contribution in [0.5, 0.6) is 0 Å². The Morgan fingerprint density at radius 1 is 1.19 bits per heavy atom. The van der Waals surface area contributed by atoms with Crippen molar-refractivity contribution in [1.29, 1.82) is 0 Å². The van der Waals surface area contributed by atoms with Crippen molar-refractivity contribution < 1.29 is 22.0 Å². The summed E-state index contributed by atoms with van der Waals surface area (Å²) >= 11 is 1.21. The predicted molar refractivity (Wildman–Crippen MR) is 114 cm³/mol. The fraction of sp³-hybridized carbons (Fsp3) is 0.300. The van der Waals surface area contributed by atoms with Gasteiger partial charge in [-0.3, -0.25) is 9.52 Å². The van der Waals surface area contributed by atoms with E-state index in [2.05, 4.69) is 9.71 Å². The summed E-state index contributed by atoms with van der Waals surface area (Å²) in [4.78, 5) is 19.4. The van der Waals surface area contributed by atoms with Gasteiger partial charge in [0.2, 0.25) is 0 Å². The van der Waals surface area contributed by atoms with Crippen LogP contribution in [0.25, 0.3) is 10.7 Å². The number of rotatable bonds is 5. The van der Waals surface area contributed by atoms with E-state index in [9.17, 15) is 22.0 Å². The summed E-state index contributed by atoms with van der Waals surface area (Å²) in [6, 6.07) is 3.92. The number of hydrogen-bond donors (Lipinski definition) is 1. The Morgan fingerprint density at radius 3 is 2.61 bits per heavy atom. The molecule has 0 unspecified atom stereocenters. The normalized spacial score (nSPS) is 14.3. The van der Waals surface area contributed by atoms with E-state index >= 15 is 0 Å². The molecule has 2 aromatic heterocycles. The summed E-state index contributed by atoms with van der Waals surface area (Å²) in [5.41, 5.74) is 0.602. The first-order chi connectivity index (χ1) is 14.7. The topological polar surface area (TPSA) is 84.3 Å². The van der Waals surface area contributed by atoms with Crippen molar-refractivity contribution >= 4 is 33.0 Å². The minimum Gasteiger partial charge on any atom is -0.347 e. The molecule has 1 saturated heterocycles. The lowest BCUT2D eigenvalue weighted by atomic mass is 10.3. The highest BCUT2D eigenvalue weighted by atomic mass is 32.2. The van der Waals surface area contributed by atoms with Gasteiger partial charge in [0, 0.05) is 32.4 Å². The first-order valence-corrected chi connectivity index (χ1v) is 11.9. The second-order valence-electron chi connectivity index (χ2n) is 7.33. The van der Waals surface area contributed by atoms with Gasteiger partial charge in [0.1, 0.15) is 26.4 Å². The van der Waals surface area contributed by atoms with Crippen molar-refractivity contribution in [2.24, 2.45) is 7.05 Å². The number of benzene rings is 1. The van der Waals surface area contributed by atoms with E-state index in [1.54, 1.807) is 23.4 Å². The summed E-state index contributed by atoms with van der Waals surface area (Å²) in [5.74, 6) is -1.72. The van der Waals surface area contributed by atoms with Crippen molar-refractivity contribution in [2.75, 3.05) is 17.8 Å². The molecule has 0 aliphatic carbocycles. The molecule has 11 heteroatoms. The standard InChI is InChI=1S/C20H20F2N4O3S2/c1-12-18(20(27)26-7-3-4-8-26)30-19(23-12)17-10-14(11-25(17)2)31(28,29)24-16-9-13(21)5-6-15(16)22/h5-6,9-11,24H,3-4,7-8H2,1-2H3. The lowest BCUT2D eigenvalue weighted by molar-refractivity contribution is 0.0796. The second kappa shape index (κ2) is 8.04. The van der Waals surface area contributed by atoms with Gasteiger partial charge in [0.25, 0.3) is 15.9 Å². The van der Waals surface area contributed by atoms with Crippen LogP contribution in [0, 0.1) is 18.6 Å². The maximum absolute atomic E-state index is 13.9. The number of halogens is 2. The lowest BCUT2D eigenvalue weighted by Gasteiger charge is -2.13. The van der Waals surface area contributed by atoms with E-state index in [4.69, 9.17) is 0 Å². The van der Waals surface area contributed by atoms with Gasteiger partial charge < -0.3 is 9.47 Å². The minimum absolute atomic E-state index is 0.0657. The van der Waals surface area contributed by atoms with Crippen LogP contribution in [-0.4, -0.2) is 41.9 Å². The van der Waals surface area contributed by atoms with Crippen LogP contribution in [0.15, 0.2) is 35.4 Å². The number of nitrogens with one attached hydrogen (secondary N) is 1. The molecule has 1 aliphatic heterocycles. The number of carbonyl (C=O) groups is 1. The molecule has 164 valence electrons. The molecule has 0 bridgehead atoms. The van der Waals surface area contributed by atoms with Gasteiger partial charge in [-0.1, -0.05) is 0 Å². The van der Waals surface area contributed by atoms with Crippen molar-refractivity contribution in [1.82, 2.24) is 14.5 Å².